The van der Waals surface area contributed by atoms with Crippen molar-refractivity contribution in [3.63, 3.8) is 0 Å². The Balaban J connectivity index is 2.76. The van der Waals surface area contributed by atoms with Crippen LogP contribution < -0.4 is 15.5 Å². The quantitative estimate of drug-likeness (QED) is 0.893. The second-order valence-corrected chi connectivity index (χ2v) is 6.14. The van der Waals surface area contributed by atoms with Crippen molar-refractivity contribution in [1.29, 1.82) is 0 Å². The minimum absolute atomic E-state index is 0.0831. The smallest absolute Gasteiger partial charge is 0.238 e. The SMILES string of the molecule is CN(C)c1ccc(Cl)cc1NC(=O)CNC(C)(C)C. The second kappa shape index (κ2) is 6.26. The van der Waals surface area contributed by atoms with Crippen molar-refractivity contribution in [3.05, 3.63) is 23.2 Å². The lowest BCUT2D eigenvalue weighted by atomic mass is 10.1. The van der Waals surface area contributed by atoms with Gasteiger partial charge in [-0.05, 0) is 39.0 Å². The number of carbonyl (C=O) groups is 1. The van der Waals surface area contributed by atoms with Crippen LogP contribution in [-0.2, 0) is 4.79 Å². The fourth-order valence-corrected chi connectivity index (χ4v) is 1.71. The molecular weight excluding hydrogens is 262 g/mol. The van der Waals surface area contributed by atoms with Gasteiger partial charge in [-0.1, -0.05) is 11.6 Å². The molecule has 0 aliphatic carbocycles. The average molecular weight is 284 g/mol. The molecule has 1 aromatic rings. The zero-order valence-corrected chi connectivity index (χ0v) is 12.9. The third-order valence-corrected chi connectivity index (χ3v) is 2.73. The van der Waals surface area contributed by atoms with Crippen LogP contribution in [-0.4, -0.2) is 32.1 Å². The highest BCUT2D eigenvalue weighted by Gasteiger charge is 2.13. The van der Waals surface area contributed by atoms with E-state index >= 15 is 0 Å². The summed E-state index contributed by atoms with van der Waals surface area (Å²) in [7, 11) is 3.85. The van der Waals surface area contributed by atoms with Crippen molar-refractivity contribution in [2.45, 2.75) is 26.3 Å². The predicted molar refractivity (Wildman–Crippen MR) is 82.2 cm³/mol. The average Bonchev–Trinajstić information content (AvgIpc) is 2.25. The molecule has 2 N–H and O–H groups in total. The van der Waals surface area contributed by atoms with Gasteiger partial charge in [0.15, 0.2) is 0 Å². The third kappa shape index (κ3) is 5.49. The van der Waals surface area contributed by atoms with Gasteiger partial charge in [0.25, 0.3) is 0 Å². The van der Waals surface area contributed by atoms with Gasteiger partial charge in [0.2, 0.25) is 5.91 Å². The van der Waals surface area contributed by atoms with Crippen LogP contribution in [0, 0.1) is 0 Å². The Morgan fingerprint density at radius 2 is 1.95 bits per heavy atom. The van der Waals surface area contributed by atoms with E-state index in [9.17, 15) is 4.79 Å². The number of anilines is 2. The van der Waals surface area contributed by atoms with Crippen molar-refractivity contribution < 1.29 is 4.79 Å². The first-order valence-electron chi connectivity index (χ1n) is 6.21. The maximum atomic E-state index is 11.9. The zero-order valence-electron chi connectivity index (χ0n) is 12.2. The summed E-state index contributed by atoms with van der Waals surface area (Å²) >= 11 is 5.97. The summed E-state index contributed by atoms with van der Waals surface area (Å²) in [6.07, 6.45) is 0. The van der Waals surface area contributed by atoms with E-state index < -0.39 is 0 Å². The summed E-state index contributed by atoms with van der Waals surface area (Å²) in [5.41, 5.74) is 1.56. The third-order valence-electron chi connectivity index (χ3n) is 2.49. The topological polar surface area (TPSA) is 44.4 Å². The van der Waals surface area contributed by atoms with E-state index in [1.807, 2.05) is 45.8 Å². The molecule has 1 aromatic carbocycles. The molecule has 0 unspecified atom stereocenters. The molecule has 1 amide bonds. The van der Waals surface area contributed by atoms with Crippen LogP contribution in [0.3, 0.4) is 0 Å². The molecule has 1 rings (SSSR count). The normalized spacial score (nSPS) is 11.3. The molecule has 0 saturated carbocycles. The molecule has 0 bridgehead atoms. The number of benzene rings is 1. The number of halogens is 1. The summed E-state index contributed by atoms with van der Waals surface area (Å²) in [4.78, 5) is 13.8. The molecule has 19 heavy (non-hydrogen) atoms. The van der Waals surface area contributed by atoms with Gasteiger partial charge in [0.05, 0.1) is 17.9 Å². The molecule has 0 saturated heterocycles. The van der Waals surface area contributed by atoms with Gasteiger partial charge in [-0.2, -0.15) is 0 Å². The van der Waals surface area contributed by atoms with E-state index in [0.717, 1.165) is 11.4 Å². The van der Waals surface area contributed by atoms with E-state index in [0.29, 0.717) is 5.02 Å². The van der Waals surface area contributed by atoms with Crippen LogP contribution in [0.4, 0.5) is 11.4 Å². The van der Waals surface area contributed by atoms with E-state index in [4.69, 9.17) is 11.6 Å². The number of carbonyl (C=O) groups excluding carboxylic acids is 1. The fraction of sp³-hybridized carbons (Fsp3) is 0.500. The van der Waals surface area contributed by atoms with Crippen LogP contribution in [0.2, 0.25) is 5.02 Å². The molecule has 0 radical (unpaired) electrons. The van der Waals surface area contributed by atoms with Crippen molar-refractivity contribution in [2.24, 2.45) is 0 Å². The first-order valence-corrected chi connectivity index (χ1v) is 6.58. The molecule has 0 heterocycles. The number of amides is 1. The highest BCUT2D eigenvalue weighted by atomic mass is 35.5. The molecule has 0 aromatic heterocycles. The Kier molecular flexibility index (Phi) is 5.20. The Bertz CT molecular complexity index is 452. The summed E-state index contributed by atoms with van der Waals surface area (Å²) in [6, 6.07) is 5.45. The maximum Gasteiger partial charge on any atom is 0.238 e. The van der Waals surface area contributed by atoms with Crippen molar-refractivity contribution in [1.82, 2.24) is 5.32 Å². The molecular formula is C14H22ClN3O. The van der Waals surface area contributed by atoms with Crippen LogP contribution >= 0.6 is 11.6 Å². The molecule has 0 atom stereocenters. The van der Waals surface area contributed by atoms with Crippen LogP contribution in [0.1, 0.15) is 20.8 Å². The molecule has 0 aliphatic heterocycles. The number of rotatable bonds is 4. The largest absolute Gasteiger partial charge is 0.376 e. The van der Waals surface area contributed by atoms with Gasteiger partial charge in [0, 0.05) is 24.7 Å². The first-order chi connectivity index (χ1) is 8.69. The summed E-state index contributed by atoms with van der Waals surface area (Å²) < 4.78 is 0. The van der Waals surface area contributed by atoms with Gasteiger partial charge in [0.1, 0.15) is 0 Å². The number of nitrogens with one attached hydrogen (secondary N) is 2. The second-order valence-electron chi connectivity index (χ2n) is 5.71. The van der Waals surface area contributed by atoms with Crippen molar-refractivity contribution in [3.8, 4) is 0 Å². The standard InChI is InChI=1S/C14H22ClN3O/c1-14(2,3)16-9-13(19)17-11-8-10(15)6-7-12(11)18(4)5/h6-8,16H,9H2,1-5H3,(H,17,19). The Hall–Kier alpha value is -1.26. The molecule has 0 spiro atoms. The minimum Gasteiger partial charge on any atom is -0.376 e. The number of hydrogen-bond donors (Lipinski definition) is 2. The Morgan fingerprint density at radius 3 is 2.47 bits per heavy atom. The van der Waals surface area contributed by atoms with Gasteiger partial charge in [-0.25, -0.2) is 0 Å². The highest BCUT2D eigenvalue weighted by molar-refractivity contribution is 6.31. The molecule has 0 fully saturated rings. The zero-order chi connectivity index (χ0) is 14.6. The summed E-state index contributed by atoms with van der Waals surface area (Å²) in [5, 5.41) is 6.63. The fourth-order valence-electron chi connectivity index (χ4n) is 1.54. The first kappa shape index (κ1) is 15.8. The summed E-state index contributed by atoms with van der Waals surface area (Å²) in [6.45, 7) is 6.32. The van der Waals surface area contributed by atoms with E-state index in [1.165, 1.54) is 0 Å². The summed E-state index contributed by atoms with van der Waals surface area (Å²) in [5.74, 6) is -0.0831. The van der Waals surface area contributed by atoms with E-state index in [2.05, 4.69) is 10.6 Å². The van der Waals surface area contributed by atoms with Crippen molar-refractivity contribution in [2.75, 3.05) is 30.9 Å². The van der Waals surface area contributed by atoms with Gasteiger partial charge in [-0.3, -0.25) is 4.79 Å². The lowest BCUT2D eigenvalue weighted by Gasteiger charge is -2.21. The van der Waals surface area contributed by atoms with Gasteiger partial charge < -0.3 is 15.5 Å². The van der Waals surface area contributed by atoms with Crippen molar-refractivity contribution >= 4 is 28.9 Å². The Morgan fingerprint density at radius 1 is 1.32 bits per heavy atom. The van der Waals surface area contributed by atoms with Crippen LogP contribution in [0.15, 0.2) is 18.2 Å². The van der Waals surface area contributed by atoms with E-state index in [-0.39, 0.29) is 18.0 Å². The van der Waals surface area contributed by atoms with Gasteiger partial charge in [-0.15, -0.1) is 0 Å². The lowest BCUT2D eigenvalue weighted by Crippen LogP contribution is -2.41. The highest BCUT2D eigenvalue weighted by Crippen LogP contribution is 2.27. The minimum atomic E-state index is -0.0873. The van der Waals surface area contributed by atoms with Crippen LogP contribution in [0.5, 0.6) is 0 Å². The maximum absolute atomic E-state index is 11.9. The number of hydrogen-bond acceptors (Lipinski definition) is 3. The van der Waals surface area contributed by atoms with Crippen LogP contribution in [0.25, 0.3) is 0 Å². The molecule has 5 heteroatoms. The van der Waals surface area contributed by atoms with Gasteiger partial charge >= 0.3 is 0 Å². The lowest BCUT2D eigenvalue weighted by molar-refractivity contribution is -0.115. The Labute approximate surface area is 120 Å². The predicted octanol–water partition coefficient (Wildman–Crippen LogP) is 2.73. The molecule has 0 aliphatic rings. The van der Waals surface area contributed by atoms with E-state index in [1.54, 1.807) is 12.1 Å². The molecule has 4 nitrogen and oxygen atoms in total. The number of nitrogens with zero attached hydrogens (tertiary/aromatic N) is 1. The molecule has 106 valence electrons. The monoisotopic (exact) mass is 283 g/mol.